The summed E-state index contributed by atoms with van der Waals surface area (Å²) in [5, 5.41) is 63.6. The van der Waals surface area contributed by atoms with Crippen LogP contribution in [0.25, 0.3) is 0 Å². The van der Waals surface area contributed by atoms with Gasteiger partial charge in [-0.2, -0.15) is 0 Å². The number of oxime groups is 1. The van der Waals surface area contributed by atoms with Crippen LogP contribution in [0.1, 0.15) is 94.9 Å². The molecule has 2 unspecified atom stereocenters. The molecule has 58 heavy (non-hydrogen) atoms. The maximum absolute atomic E-state index is 14.3. The normalized spacial score (nSPS) is 45.8. The number of rotatable bonds is 13. The van der Waals surface area contributed by atoms with Crippen molar-refractivity contribution in [1.29, 1.82) is 0 Å². The lowest BCUT2D eigenvalue weighted by molar-refractivity contribution is -0.317. The monoisotopic (exact) mass is 837 g/mol. The van der Waals surface area contributed by atoms with Gasteiger partial charge in [0.1, 0.15) is 23.9 Å². The van der Waals surface area contributed by atoms with Crippen LogP contribution in [-0.2, 0) is 47.5 Å². The van der Waals surface area contributed by atoms with Crippen molar-refractivity contribution in [2.24, 2.45) is 28.8 Å². The van der Waals surface area contributed by atoms with Crippen molar-refractivity contribution in [3.8, 4) is 0 Å². The molecule has 0 saturated carbocycles. The van der Waals surface area contributed by atoms with E-state index in [0.717, 1.165) is 0 Å². The Kier molecular flexibility index (Phi) is 18.8. The Bertz CT molecular complexity index is 1300. The molecule has 3 aliphatic rings. The number of carbonyl (C=O) groups excluding carboxylic acids is 1. The lowest BCUT2D eigenvalue weighted by atomic mass is 9.73. The van der Waals surface area contributed by atoms with Crippen molar-refractivity contribution in [3.05, 3.63) is 0 Å². The van der Waals surface area contributed by atoms with Gasteiger partial charge in [0.15, 0.2) is 12.6 Å². The molecule has 3 heterocycles. The van der Waals surface area contributed by atoms with Gasteiger partial charge in [0.25, 0.3) is 0 Å². The van der Waals surface area contributed by atoms with Crippen LogP contribution in [-0.4, -0.2) is 175 Å². The summed E-state index contributed by atoms with van der Waals surface area (Å²) in [6.07, 6.45) is -9.49. The molecule has 0 aromatic carbocycles. The maximum atomic E-state index is 14.3. The van der Waals surface area contributed by atoms with Gasteiger partial charge in [-0.1, -0.05) is 32.9 Å². The van der Waals surface area contributed by atoms with E-state index in [2.05, 4.69) is 5.16 Å². The molecule has 3 fully saturated rings. The van der Waals surface area contributed by atoms with E-state index in [9.17, 15) is 30.3 Å². The van der Waals surface area contributed by atoms with E-state index in [1.54, 1.807) is 55.6 Å². The molecule has 0 aromatic rings. The Morgan fingerprint density at radius 3 is 2.14 bits per heavy atom. The number of methoxy groups -OCH3 is 2. The molecule has 0 aliphatic carbocycles. The van der Waals surface area contributed by atoms with Crippen LogP contribution in [0.15, 0.2) is 5.16 Å². The summed E-state index contributed by atoms with van der Waals surface area (Å²) >= 11 is 0. The SMILES string of the molecule is CC[C@H]1OC(=O)[C@H](C)[C@@H](OC2C[C@@](C)(OC)[C@@H](O)[C@H](C)O2)[C@H](C)[C@@H](OC2O[C@H](C)C[C@H](N(C)C)[C@H]2O)[C@](C)(O)C[C@@H](C)/C(=N\OCOCCOC)[C@H](C)[C@@H](O)[C@]1(C)O. The summed E-state index contributed by atoms with van der Waals surface area (Å²) in [5.41, 5.74) is -4.49. The van der Waals surface area contributed by atoms with Crippen molar-refractivity contribution in [2.45, 2.75) is 179 Å². The van der Waals surface area contributed by atoms with Gasteiger partial charge in [0.2, 0.25) is 6.79 Å². The number of aliphatic hydroxyl groups is 5. The average molecular weight is 837 g/mol. The summed E-state index contributed by atoms with van der Waals surface area (Å²) in [5.74, 6) is -4.14. The first-order valence-corrected chi connectivity index (χ1v) is 20.8. The maximum Gasteiger partial charge on any atom is 0.311 e. The highest BCUT2D eigenvalue weighted by molar-refractivity contribution is 5.88. The third-order valence-electron chi connectivity index (χ3n) is 12.6. The fourth-order valence-corrected chi connectivity index (χ4v) is 8.93. The van der Waals surface area contributed by atoms with Crippen LogP contribution < -0.4 is 0 Å². The molecule has 3 rings (SSSR count). The quantitative estimate of drug-likeness (QED) is 0.0778. The molecule has 0 aromatic heterocycles. The third-order valence-corrected chi connectivity index (χ3v) is 12.6. The molecule has 0 bridgehead atoms. The fraction of sp³-hybridized carbons (Fsp3) is 0.951. The summed E-state index contributed by atoms with van der Waals surface area (Å²) in [6, 6.07) is -0.328. The second kappa shape index (κ2) is 21.5. The summed E-state index contributed by atoms with van der Waals surface area (Å²) in [7, 11) is 6.76. The van der Waals surface area contributed by atoms with Gasteiger partial charge in [0, 0.05) is 44.4 Å². The highest BCUT2D eigenvalue weighted by atomic mass is 16.7. The summed E-state index contributed by atoms with van der Waals surface area (Å²) in [4.78, 5) is 21.8. The molecule has 17 nitrogen and oxygen atoms in total. The Morgan fingerprint density at radius 1 is 0.897 bits per heavy atom. The molecule has 0 amide bonds. The Labute approximate surface area is 345 Å². The van der Waals surface area contributed by atoms with E-state index in [-0.39, 0.29) is 44.8 Å². The standard InChI is InChI=1S/C41H76N2O15/c1-15-29-41(10,49)34(45)24(4)31(42-53-21-52-17-16-50-13)22(2)19-39(8,48)36(58-38-32(44)28(43(11)12)18-23(3)54-38)25(5)33(26(6)37(47)56-29)57-30-20-40(9,51-14)35(46)27(7)55-30/h22-30,32-36,38,44-46,48-49H,15-21H2,1-14H3/b42-31+/t22-,23-,24+,25+,26-,27+,28+,29-,30?,32-,33+,34-,35+,36-,38?,39-,40-,41-/m1/s1. The number of carbonyl (C=O) groups is 1. The van der Waals surface area contributed by atoms with Crippen LogP contribution in [0.5, 0.6) is 0 Å². The van der Waals surface area contributed by atoms with E-state index in [1.807, 2.05) is 32.8 Å². The molecule has 18 atom stereocenters. The summed E-state index contributed by atoms with van der Waals surface area (Å²) in [6.45, 7) is 17.3. The molecular formula is C41H76N2O15. The number of hydrogen-bond donors (Lipinski definition) is 5. The van der Waals surface area contributed by atoms with Gasteiger partial charge in [-0.25, -0.2) is 0 Å². The van der Waals surface area contributed by atoms with Gasteiger partial charge in [0.05, 0.1) is 66.6 Å². The van der Waals surface area contributed by atoms with Crippen LogP contribution in [0.2, 0.25) is 0 Å². The smallest absolute Gasteiger partial charge is 0.311 e. The lowest BCUT2D eigenvalue weighted by Crippen LogP contribution is -2.61. The first-order chi connectivity index (χ1) is 27.0. The number of hydrogen-bond acceptors (Lipinski definition) is 17. The van der Waals surface area contributed by atoms with E-state index in [4.69, 9.17) is 42.7 Å². The Balaban J connectivity index is 2.22. The highest BCUT2D eigenvalue weighted by Crippen LogP contribution is 2.41. The number of esters is 1. The first kappa shape index (κ1) is 50.8. The summed E-state index contributed by atoms with van der Waals surface area (Å²) < 4.78 is 48.1. The predicted molar refractivity (Wildman–Crippen MR) is 212 cm³/mol. The molecular weight excluding hydrogens is 760 g/mol. The minimum Gasteiger partial charge on any atom is -0.459 e. The van der Waals surface area contributed by atoms with Gasteiger partial charge in [-0.15, -0.1) is 0 Å². The van der Waals surface area contributed by atoms with E-state index >= 15 is 0 Å². The zero-order chi connectivity index (χ0) is 43.9. The van der Waals surface area contributed by atoms with Gasteiger partial charge < -0.3 is 73.2 Å². The molecule has 0 spiro atoms. The van der Waals surface area contributed by atoms with E-state index < -0.39 is 102 Å². The molecule has 3 saturated heterocycles. The van der Waals surface area contributed by atoms with E-state index in [0.29, 0.717) is 18.7 Å². The van der Waals surface area contributed by atoms with Crippen molar-refractivity contribution in [2.75, 3.05) is 48.3 Å². The van der Waals surface area contributed by atoms with Crippen LogP contribution >= 0.6 is 0 Å². The van der Waals surface area contributed by atoms with Gasteiger partial charge in [-0.3, -0.25) is 4.79 Å². The average Bonchev–Trinajstić information content (AvgIpc) is 3.15. The van der Waals surface area contributed by atoms with Crippen molar-refractivity contribution in [3.63, 3.8) is 0 Å². The topological polar surface area (TPSA) is 217 Å². The van der Waals surface area contributed by atoms with Crippen molar-refractivity contribution < 1.29 is 73.1 Å². The number of aliphatic hydroxyl groups excluding tert-OH is 3. The largest absolute Gasteiger partial charge is 0.459 e. The second-order valence-electron chi connectivity index (χ2n) is 17.7. The number of ether oxygens (including phenoxy) is 8. The van der Waals surface area contributed by atoms with E-state index in [1.165, 1.54) is 14.0 Å². The van der Waals surface area contributed by atoms with Gasteiger partial charge >= 0.3 is 5.97 Å². The molecule has 17 heteroatoms. The first-order valence-electron chi connectivity index (χ1n) is 20.8. The fourth-order valence-electron chi connectivity index (χ4n) is 8.93. The van der Waals surface area contributed by atoms with Crippen molar-refractivity contribution >= 4 is 11.7 Å². The second-order valence-corrected chi connectivity index (χ2v) is 17.7. The zero-order valence-corrected chi connectivity index (χ0v) is 37.3. The minimum absolute atomic E-state index is 0.0307. The molecule has 0 radical (unpaired) electrons. The zero-order valence-electron chi connectivity index (χ0n) is 37.3. The number of nitrogens with zero attached hydrogens (tertiary/aromatic N) is 2. The Hall–Kier alpha value is -1.58. The van der Waals surface area contributed by atoms with Gasteiger partial charge in [-0.05, 0) is 74.9 Å². The van der Waals surface area contributed by atoms with Crippen LogP contribution in [0, 0.1) is 23.7 Å². The van der Waals surface area contributed by atoms with Crippen molar-refractivity contribution in [1.82, 2.24) is 4.90 Å². The Morgan fingerprint density at radius 2 is 1.55 bits per heavy atom. The third kappa shape index (κ3) is 12.1. The highest BCUT2D eigenvalue weighted by Gasteiger charge is 2.53. The number of likely N-dealkylation sites (N-methyl/N-ethyl adjacent to an activating group) is 1. The van der Waals surface area contributed by atoms with Crippen LogP contribution in [0.3, 0.4) is 0 Å². The molecule has 340 valence electrons. The molecule has 5 N–H and O–H groups in total. The molecule has 3 aliphatic heterocycles. The van der Waals surface area contributed by atoms with Crippen LogP contribution in [0.4, 0.5) is 0 Å². The minimum atomic E-state index is -1.97. The number of cyclic esters (lactones) is 1. The predicted octanol–water partition coefficient (Wildman–Crippen LogP) is 2.21. The lowest BCUT2D eigenvalue weighted by Gasteiger charge is -2.49.